The lowest BCUT2D eigenvalue weighted by atomic mass is 10.2. The summed E-state index contributed by atoms with van der Waals surface area (Å²) in [5.74, 6) is -0.0878. The first-order valence-corrected chi connectivity index (χ1v) is 5.45. The summed E-state index contributed by atoms with van der Waals surface area (Å²) in [6.07, 6.45) is 1.88. The van der Waals surface area contributed by atoms with E-state index in [0.29, 0.717) is 13.0 Å². The standard InChI is InChI=1S/C13H13N3O/c1-10-9-13(17)16(8-4-7-14)12-6-3-2-5-11(12)15-10/h2-3,5-6,9,15H,4,8H2,1H3. The summed E-state index contributed by atoms with van der Waals surface area (Å²) >= 11 is 0. The van der Waals surface area contributed by atoms with Gasteiger partial charge in [-0.05, 0) is 19.1 Å². The number of nitrogens with zero attached hydrogens (tertiary/aromatic N) is 2. The number of rotatable bonds is 2. The van der Waals surface area contributed by atoms with Gasteiger partial charge in [0.2, 0.25) is 0 Å². The summed E-state index contributed by atoms with van der Waals surface area (Å²) in [6.45, 7) is 2.26. The number of nitrogens with one attached hydrogen (secondary N) is 1. The highest BCUT2D eigenvalue weighted by molar-refractivity contribution is 6.05. The normalized spacial score (nSPS) is 14.2. The van der Waals surface area contributed by atoms with Crippen molar-refractivity contribution in [3.8, 4) is 6.07 Å². The average Bonchev–Trinajstić information content (AvgIpc) is 2.42. The lowest BCUT2D eigenvalue weighted by Gasteiger charge is -2.20. The summed E-state index contributed by atoms with van der Waals surface area (Å²) < 4.78 is 0. The topological polar surface area (TPSA) is 56.1 Å². The molecule has 86 valence electrons. The van der Waals surface area contributed by atoms with Gasteiger partial charge < -0.3 is 10.2 Å². The summed E-state index contributed by atoms with van der Waals surface area (Å²) in [4.78, 5) is 13.6. The van der Waals surface area contributed by atoms with Crippen molar-refractivity contribution in [3.63, 3.8) is 0 Å². The Hall–Kier alpha value is -2.28. The second kappa shape index (κ2) is 4.71. The molecule has 0 unspecified atom stereocenters. The molecule has 0 aliphatic carbocycles. The molecule has 0 fully saturated rings. The van der Waals surface area contributed by atoms with E-state index >= 15 is 0 Å². The highest BCUT2D eigenvalue weighted by Crippen LogP contribution is 2.29. The molecule has 1 aromatic carbocycles. The molecule has 0 aromatic heterocycles. The Morgan fingerprint density at radius 3 is 2.94 bits per heavy atom. The molecule has 0 spiro atoms. The van der Waals surface area contributed by atoms with Gasteiger partial charge in [-0.15, -0.1) is 0 Å². The third-order valence-electron chi connectivity index (χ3n) is 2.58. The van der Waals surface area contributed by atoms with Gasteiger partial charge in [0.25, 0.3) is 5.91 Å². The van der Waals surface area contributed by atoms with Crippen LogP contribution in [0.2, 0.25) is 0 Å². The van der Waals surface area contributed by atoms with Gasteiger partial charge in [-0.1, -0.05) is 12.1 Å². The van der Waals surface area contributed by atoms with E-state index in [1.165, 1.54) is 0 Å². The number of carbonyl (C=O) groups excluding carboxylic acids is 1. The van der Waals surface area contributed by atoms with Crippen LogP contribution in [0.5, 0.6) is 0 Å². The molecule has 2 rings (SSSR count). The van der Waals surface area contributed by atoms with E-state index in [2.05, 4.69) is 11.4 Å². The zero-order valence-corrected chi connectivity index (χ0v) is 9.60. The Labute approximate surface area is 100 Å². The van der Waals surface area contributed by atoms with Crippen LogP contribution in [0.15, 0.2) is 36.0 Å². The lowest BCUT2D eigenvalue weighted by molar-refractivity contribution is -0.114. The number of nitriles is 1. The Morgan fingerprint density at radius 1 is 1.41 bits per heavy atom. The monoisotopic (exact) mass is 227 g/mol. The summed E-state index contributed by atoms with van der Waals surface area (Å²) in [6, 6.07) is 9.66. The Morgan fingerprint density at radius 2 is 2.18 bits per heavy atom. The van der Waals surface area contributed by atoms with E-state index in [0.717, 1.165) is 17.1 Å². The number of para-hydroxylation sites is 2. The average molecular weight is 227 g/mol. The van der Waals surface area contributed by atoms with E-state index in [1.54, 1.807) is 11.0 Å². The van der Waals surface area contributed by atoms with E-state index in [4.69, 9.17) is 5.26 Å². The number of benzene rings is 1. The first-order chi connectivity index (χ1) is 8.22. The third kappa shape index (κ3) is 2.28. The second-order valence-electron chi connectivity index (χ2n) is 3.87. The zero-order chi connectivity index (χ0) is 12.3. The van der Waals surface area contributed by atoms with E-state index < -0.39 is 0 Å². The number of allylic oxidation sites excluding steroid dienone is 1. The van der Waals surface area contributed by atoms with Crippen molar-refractivity contribution >= 4 is 17.3 Å². The molecule has 0 radical (unpaired) electrons. The third-order valence-corrected chi connectivity index (χ3v) is 2.58. The fourth-order valence-electron chi connectivity index (χ4n) is 1.84. The van der Waals surface area contributed by atoms with Crippen molar-refractivity contribution in [3.05, 3.63) is 36.0 Å². The molecule has 4 heteroatoms. The van der Waals surface area contributed by atoms with Crippen LogP contribution in [-0.4, -0.2) is 12.5 Å². The summed E-state index contributed by atoms with van der Waals surface area (Å²) in [5.41, 5.74) is 2.52. The van der Waals surface area contributed by atoms with Gasteiger partial charge >= 0.3 is 0 Å². The minimum Gasteiger partial charge on any atom is -0.357 e. The molecule has 0 saturated heterocycles. The molecule has 4 nitrogen and oxygen atoms in total. The van der Waals surface area contributed by atoms with Gasteiger partial charge in [-0.2, -0.15) is 5.26 Å². The van der Waals surface area contributed by atoms with Gasteiger partial charge in [0.1, 0.15) is 0 Å². The zero-order valence-electron chi connectivity index (χ0n) is 9.60. The smallest absolute Gasteiger partial charge is 0.252 e. The molecule has 1 N–H and O–H groups in total. The van der Waals surface area contributed by atoms with Crippen LogP contribution in [-0.2, 0) is 4.79 Å². The van der Waals surface area contributed by atoms with Crippen molar-refractivity contribution in [2.45, 2.75) is 13.3 Å². The van der Waals surface area contributed by atoms with Crippen LogP contribution in [0.1, 0.15) is 13.3 Å². The summed E-state index contributed by atoms with van der Waals surface area (Å²) in [7, 11) is 0. The first-order valence-electron chi connectivity index (χ1n) is 5.45. The highest BCUT2D eigenvalue weighted by Gasteiger charge is 2.19. The van der Waals surface area contributed by atoms with Gasteiger partial charge in [-0.3, -0.25) is 4.79 Å². The molecule has 0 saturated carbocycles. The van der Waals surface area contributed by atoms with Gasteiger partial charge in [-0.25, -0.2) is 0 Å². The number of carbonyl (C=O) groups is 1. The maximum atomic E-state index is 12.0. The molecule has 1 amide bonds. The van der Waals surface area contributed by atoms with Gasteiger partial charge in [0.15, 0.2) is 0 Å². The molecule has 1 aromatic rings. The molecule has 17 heavy (non-hydrogen) atoms. The quantitative estimate of drug-likeness (QED) is 0.843. The van der Waals surface area contributed by atoms with Crippen LogP contribution >= 0.6 is 0 Å². The van der Waals surface area contributed by atoms with Crippen LogP contribution in [0.4, 0.5) is 11.4 Å². The van der Waals surface area contributed by atoms with Crippen molar-refractivity contribution in [1.29, 1.82) is 5.26 Å². The maximum Gasteiger partial charge on any atom is 0.252 e. The largest absolute Gasteiger partial charge is 0.357 e. The van der Waals surface area contributed by atoms with Crippen LogP contribution in [0, 0.1) is 11.3 Å². The van der Waals surface area contributed by atoms with Gasteiger partial charge in [0, 0.05) is 18.3 Å². The van der Waals surface area contributed by atoms with Crippen LogP contribution < -0.4 is 10.2 Å². The van der Waals surface area contributed by atoms with Crippen molar-refractivity contribution in [2.75, 3.05) is 16.8 Å². The molecule has 1 aliphatic rings. The number of fused-ring (bicyclic) bond motifs is 1. The minimum atomic E-state index is -0.0878. The van der Waals surface area contributed by atoms with Crippen LogP contribution in [0.3, 0.4) is 0 Å². The van der Waals surface area contributed by atoms with Crippen molar-refractivity contribution < 1.29 is 4.79 Å². The SMILES string of the molecule is CC1=CC(=O)N(CCC#N)c2ccccc2N1. The molecule has 0 bridgehead atoms. The second-order valence-corrected chi connectivity index (χ2v) is 3.87. The fraction of sp³-hybridized carbons (Fsp3) is 0.231. The predicted octanol–water partition coefficient (Wildman–Crippen LogP) is 2.26. The maximum absolute atomic E-state index is 12.0. The number of hydrogen-bond donors (Lipinski definition) is 1. The minimum absolute atomic E-state index is 0.0878. The number of anilines is 2. The first kappa shape index (κ1) is 11.2. The fourth-order valence-corrected chi connectivity index (χ4v) is 1.84. The van der Waals surface area contributed by atoms with Crippen LogP contribution in [0.25, 0.3) is 0 Å². The molecule has 1 heterocycles. The predicted molar refractivity (Wildman–Crippen MR) is 66.4 cm³/mol. The van der Waals surface area contributed by atoms with E-state index in [9.17, 15) is 4.79 Å². The molecular weight excluding hydrogens is 214 g/mol. The molecule has 0 atom stereocenters. The Kier molecular flexibility index (Phi) is 3.10. The van der Waals surface area contributed by atoms with E-state index in [-0.39, 0.29) is 5.91 Å². The highest BCUT2D eigenvalue weighted by atomic mass is 16.2. The number of amides is 1. The van der Waals surface area contributed by atoms with Crippen molar-refractivity contribution in [1.82, 2.24) is 0 Å². The Balaban J connectivity index is 2.42. The lowest BCUT2D eigenvalue weighted by Crippen LogP contribution is -2.29. The van der Waals surface area contributed by atoms with Crippen molar-refractivity contribution in [2.24, 2.45) is 0 Å². The number of hydrogen-bond acceptors (Lipinski definition) is 3. The summed E-state index contributed by atoms with van der Waals surface area (Å²) in [5, 5.41) is 11.8. The Bertz CT molecular complexity index is 514. The molecule has 1 aliphatic heterocycles. The van der Waals surface area contributed by atoms with E-state index in [1.807, 2.05) is 31.2 Å². The molecular formula is C13H13N3O. The van der Waals surface area contributed by atoms with Gasteiger partial charge in [0.05, 0.1) is 23.9 Å².